The number of anilines is 1. The van der Waals surface area contributed by atoms with Gasteiger partial charge in [-0.2, -0.15) is 0 Å². The molecule has 0 atom stereocenters. The number of halogens is 1. The molecule has 1 aromatic carbocycles. The number of imidazole rings is 1. The predicted molar refractivity (Wildman–Crippen MR) is 138 cm³/mol. The minimum Gasteiger partial charge on any atom is -0.465 e. The zero-order chi connectivity index (χ0) is 27.6. The van der Waals surface area contributed by atoms with E-state index in [1.165, 1.54) is 12.1 Å². The number of nitrogens with one attached hydrogen (secondary N) is 2. The SMILES string of the molecule is C=CCNc1nccc(-c2[nH]c(C3(C(N)=O)OCC(C)(C(=O)OCC4CC4)CO3)nc2-c2ccc(F)cc2)n1. The van der Waals surface area contributed by atoms with Crippen LogP contribution < -0.4 is 11.1 Å². The summed E-state index contributed by atoms with van der Waals surface area (Å²) in [5.41, 5.74) is 6.36. The Morgan fingerprint density at radius 1 is 1.23 bits per heavy atom. The topological polar surface area (TPSA) is 154 Å². The Morgan fingerprint density at radius 3 is 2.59 bits per heavy atom. The van der Waals surface area contributed by atoms with Crippen molar-refractivity contribution in [1.82, 2.24) is 19.9 Å². The third-order valence-electron chi connectivity index (χ3n) is 6.60. The van der Waals surface area contributed by atoms with Crippen molar-refractivity contribution < 1.29 is 28.2 Å². The van der Waals surface area contributed by atoms with E-state index in [1.54, 1.807) is 37.4 Å². The smallest absolute Gasteiger partial charge is 0.316 e. The molecule has 12 heteroatoms. The Kier molecular flexibility index (Phi) is 7.15. The van der Waals surface area contributed by atoms with E-state index in [2.05, 4.69) is 31.8 Å². The lowest BCUT2D eigenvalue weighted by Crippen LogP contribution is -2.56. The van der Waals surface area contributed by atoms with Crippen molar-refractivity contribution in [3.8, 4) is 22.6 Å². The first-order valence-corrected chi connectivity index (χ1v) is 12.5. The summed E-state index contributed by atoms with van der Waals surface area (Å²) in [6, 6.07) is 7.32. The molecule has 2 aliphatic rings. The van der Waals surface area contributed by atoms with E-state index >= 15 is 0 Å². The zero-order valence-corrected chi connectivity index (χ0v) is 21.4. The summed E-state index contributed by atoms with van der Waals surface area (Å²) in [6.45, 7) is 5.72. The van der Waals surface area contributed by atoms with Crippen molar-refractivity contribution in [2.45, 2.75) is 25.6 Å². The highest BCUT2D eigenvalue weighted by Gasteiger charge is 2.54. The van der Waals surface area contributed by atoms with E-state index in [-0.39, 0.29) is 19.0 Å². The Bertz CT molecular complexity index is 1380. The molecule has 3 heterocycles. The van der Waals surface area contributed by atoms with Gasteiger partial charge in [0.1, 0.15) is 11.2 Å². The third kappa shape index (κ3) is 5.38. The highest BCUT2D eigenvalue weighted by Crippen LogP contribution is 2.40. The highest BCUT2D eigenvalue weighted by molar-refractivity contribution is 5.85. The van der Waals surface area contributed by atoms with E-state index < -0.39 is 28.9 Å². The van der Waals surface area contributed by atoms with Gasteiger partial charge < -0.3 is 30.2 Å². The number of primary amides is 1. The number of nitrogens with zero attached hydrogens (tertiary/aromatic N) is 3. The van der Waals surface area contributed by atoms with Gasteiger partial charge in [0.15, 0.2) is 5.82 Å². The van der Waals surface area contributed by atoms with Gasteiger partial charge in [-0.1, -0.05) is 6.08 Å². The van der Waals surface area contributed by atoms with Crippen molar-refractivity contribution in [3.05, 3.63) is 60.8 Å². The molecule has 1 saturated heterocycles. The number of hydrogen-bond acceptors (Lipinski definition) is 9. The lowest BCUT2D eigenvalue weighted by atomic mass is 9.91. The summed E-state index contributed by atoms with van der Waals surface area (Å²) in [5, 5.41) is 3.02. The maximum Gasteiger partial charge on any atom is 0.316 e. The van der Waals surface area contributed by atoms with Gasteiger partial charge in [-0.3, -0.25) is 9.59 Å². The van der Waals surface area contributed by atoms with Gasteiger partial charge in [-0.05, 0) is 56.0 Å². The van der Waals surface area contributed by atoms with E-state index in [4.69, 9.17) is 19.9 Å². The maximum absolute atomic E-state index is 13.7. The zero-order valence-electron chi connectivity index (χ0n) is 21.4. The number of benzene rings is 1. The van der Waals surface area contributed by atoms with E-state index in [0.717, 1.165) is 12.8 Å². The average molecular weight is 537 g/mol. The number of rotatable bonds is 10. The van der Waals surface area contributed by atoms with Crippen LogP contribution in [0.25, 0.3) is 22.6 Å². The molecule has 1 amide bonds. The molecular weight excluding hydrogens is 507 g/mol. The fourth-order valence-electron chi connectivity index (χ4n) is 4.05. The Morgan fingerprint density at radius 2 is 1.95 bits per heavy atom. The number of carbonyl (C=O) groups is 2. The van der Waals surface area contributed by atoms with Crippen LogP contribution in [0.15, 0.2) is 49.2 Å². The first-order valence-electron chi connectivity index (χ1n) is 12.5. The van der Waals surface area contributed by atoms with Gasteiger partial charge in [0.2, 0.25) is 5.95 Å². The molecule has 3 aromatic rings. The van der Waals surface area contributed by atoms with Crippen LogP contribution in [0.4, 0.5) is 10.3 Å². The van der Waals surface area contributed by atoms with Gasteiger partial charge in [0.05, 0.1) is 36.9 Å². The highest BCUT2D eigenvalue weighted by atomic mass is 19.1. The number of esters is 1. The van der Waals surface area contributed by atoms with Crippen molar-refractivity contribution in [1.29, 1.82) is 0 Å². The van der Waals surface area contributed by atoms with Crippen LogP contribution in [-0.2, 0) is 29.6 Å². The first kappa shape index (κ1) is 26.4. The summed E-state index contributed by atoms with van der Waals surface area (Å²) in [5.74, 6) is -3.28. The fraction of sp³-hybridized carbons (Fsp3) is 0.370. The summed E-state index contributed by atoms with van der Waals surface area (Å²) in [7, 11) is 0. The number of aromatic nitrogens is 4. The predicted octanol–water partition coefficient (Wildman–Crippen LogP) is 2.92. The number of H-pyrrole nitrogens is 1. The normalized spacial score (nSPS) is 22.7. The summed E-state index contributed by atoms with van der Waals surface area (Å²) in [4.78, 5) is 42.0. The standard InChI is InChI=1S/C27H29FN6O5/c1-3-11-30-25-31-12-10-19(32-25)21-20(17-6-8-18(28)9-7-17)33-23(34-21)27(22(29)35)38-14-26(2,15-39-27)24(36)37-13-16-4-5-16/h3,6-10,12,16H,1,4-5,11,13-15H2,2H3,(H2,29,35)(H,33,34)(H,30,31,32). The number of aromatic amines is 1. The average Bonchev–Trinajstić information content (AvgIpc) is 3.67. The molecule has 1 aliphatic carbocycles. The van der Waals surface area contributed by atoms with Gasteiger partial charge in [0.25, 0.3) is 5.91 Å². The molecule has 2 aromatic heterocycles. The van der Waals surface area contributed by atoms with Crippen LogP contribution in [0, 0.1) is 17.2 Å². The molecule has 204 valence electrons. The van der Waals surface area contributed by atoms with Crippen LogP contribution in [0.3, 0.4) is 0 Å². The molecule has 4 N–H and O–H groups in total. The minimum absolute atomic E-state index is 0.0445. The van der Waals surface area contributed by atoms with Crippen LogP contribution in [0.5, 0.6) is 0 Å². The lowest BCUT2D eigenvalue weighted by molar-refractivity contribution is -0.293. The van der Waals surface area contributed by atoms with E-state index in [9.17, 15) is 14.0 Å². The maximum atomic E-state index is 13.7. The van der Waals surface area contributed by atoms with E-state index in [1.807, 2.05) is 0 Å². The van der Waals surface area contributed by atoms with Crippen molar-refractivity contribution in [2.75, 3.05) is 31.7 Å². The third-order valence-corrected chi connectivity index (χ3v) is 6.60. The second-order valence-corrected chi connectivity index (χ2v) is 9.91. The molecule has 5 rings (SSSR count). The molecule has 0 radical (unpaired) electrons. The largest absolute Gasteiger partial charge is 0.465 e. The molecule has 1 saturated carbocycles. The number of carbonyl (C=O) groups excluding carboxylic acids is 2. The molecular formula is C27H29FN6O5. The van der Waals surface area contributed by atoms with Gasteiger partial charge >= 0.3 is 11.8 Å². The van der Waals surface area contributed by atoms with Crippen LogP contribution >= 0.6 is 0 Å². The molecule has 0 bridgehead atoms. The van der Waals surface area contributed by atoms with Crippen molar-refractivity contribution in [2.24, 2.45) is 17.1 Å². The second-order valence-electron chi connectivity index (χ2n) is 9.91. The Labute approximate surface area is 224 Å². The van der Waals surface area contributed by atoms with Crippen molar-refractivity contribution in [3.63, 3.8) is 0 Å². The second kappa shape index (κ2) is 10.5. The number of ether oxygens (including phenoxy) is 3. The monoisotopic (exact) mass is 536 g/mol. The molecule has 39 heavy (non-hydrogen) atoms. The molecule has 0 unspecified atom stereocenters. The lowest BCUT2D eigenvalue weighted by Gasteiger charge is -2.40. The van der Waals surface area contributed by atoms with Crippen LogP contribution in [-0.4, -0.2) is 58.2 Å². The van der Waals surface area contributed by atoms with E-state index in [0.29, 0.717) is 47.7 Å². The quantitative estimate of drug-likeness (QED) is 0.262. The summed E-state index contributed by atoms with van der Waals surface area (Å²) in [6.07, 6.45) is 5.30. The van der Waals surface area contributed by atoms with Crippen LogP contribution in [0.2, 0.25) is 0 Å². The molecule has 2 fully saturated rings. The number of amides is 1. The Hall–Kier alpha value is -4.16. The minimum atomic E-state index is -2.11. The van der Waals surface area contributed by atoms with Crippen LogP contribution in [0.1, 0.15) is 25.6 Å². The van der Waals surface area contributed by atoms with Gasteiger partial charge in [-0.25, -0.2) is 19.3 Å². The van der Waals surface area contributed by atoms with Gasteiger partial charge in [0, 0.05) is 18.3 Å². The van der Waals surface area contributed by atoms with Gasteiger partial charge in [-0.15, -0.1) is 6.58 Å². The molecule has 1 aliphatic heterocycles. The number of nitrogens with two attached hydrogens (primary N) is 1. The first-order chi connectivity index (χ1) is 18.7. The summed E-state index contributed by atoms with van der Waals surface area (Å²) < 4.78 is 30.9. The fourth-order valence-corrected chi connectivity index (χ4v) is 4.05. The van der Waals surface area contributed by atoms with Crippen molar-refractivity contribution >= 4 is 17.8 Å². The molecule has 0 spiro atoms. The molecule has 11 nitrogen and oxygen atoms in total. The summed E-state index contributed by atoms with van der Waals surface area (Å²) >= 11 is 0. The Balaban J connectivity index is 1.50. The number of hydrogen-bond donors (Lipinski definition) is 3.